The fourth-order valence-electron chi connectivity index (χ4n) is 3.42. The van der Waals surface area contributed by atoms with E-state index in [-0.39, 0.29) is 19.0 Å². The molecule has 0 aliphatic carbocycles. The Labute approximate surface area is 164 Å². The van der Waals surface area contributed by atoms with Gasteiger partial charge in [-0.1, -0.05) is 26.0 Å². The van der Waals surface area contributed by atoms with Gasteiger partial charge in [-0.2, -0.15) is 18.4 Å². The fraction of sp³-hybridized carbons (Fsp3) is 0.600. The average Bonchev–Trinajstić information content (AvgIpc) is 2.85. The van der Waals surface area contributed by atoms with Crippen molar-refractivity contribution in [2.45, 2.75) is 26.4 Å². The van der Waals surface area contributed by atoms with E-state index in [1.807, 2.05) is 23.1 Å². The number of nitriles is 1. The Hall–Kier alpha value is -2.27. The molecule has 1 aromatic rings. The highest BCUT2D eigenvalue weighted by atomic mass is 19.4. The quantitative estimate of drug-likeness (QED) is 0.741. The molecule has 0 N–H and O–H groups in total. The third kappa shape index (κ3) is 6.71. The van der Waals surface area contributed by atoms with Gasteiger partial charge < -0.3 is 9.80 Å². The molecule has 1 fully saturated rings. The second-order valence-corrected chi connectivity index (χ2v) is 7.53. The molecule has 0 unspecified atom stereocenters. The Kier molecular flexibility index (Phi) is 7.69. The molecular formula is C20H27F3N4O. The Morgan fingerprint density at radius 2 is 1.93 bits per heavy atom. The van der Waals surface area contributed by atoms with Crippen molar-refractivity contribution >= 4 is 11.6 Å². The monoisotopic (exact) mass is 396 g/mol. The second kappa shape index (κ2) is 9.78. The van der Waals surface area contributed by atoms with E-state index in [4.69, 9.17) is 0 Å². The molecular weight excluding hydrogens is 369 g/mol. The molecule has 1 aliphatic rings. The Balaban J connectivity index is 1.99. The molecule has 1 aromatic carbocycles. The summed E-state index contributed by atoms with van der Waals surface area (Å²) in [7, 11) is 0. The lowest BCUT2D eigenvalue weighted by Crippen LogP contribution is -2.46. The van der Waals surface area contributed by atoms with Crippen LogP contribution in [0.25, 0.3) is 0 Å². The molecule has 8 heteroatoms. The molecule has 2 rings (SSSR count). The van der Waals surface area contributed by atoms with Crippen LogP contribution in [0.3, 0.4) is 0 Å². The summed E-state index contributed by atoms with van der Waals surface area (Å²) in [6.07, 6.45) is -3.63. The van der Waals surface area contributed by atoms with Gasteiger partial charge in [0.2, 0.25) is 5.91 Å². The number of halogens is 3. The lowest BCUT2D eigenvalue weighted by molar-refractivity contribution is -0.162. The maximum atomic E-state index is 12.8. The Bertz CT molecular complexity index is 699. The molecule has 1 amide bonds. The number of carbonyl (C=O) groups is 1. The number of nitrogens with zero attached hydrogens (tertiary/aromatic N) is 4. The molecule has 28 heavy (non-hydrogen) atoms. The van der Waals surface area contributed by atoms with Gasteiger partial charge in [-0.3, -0.25) is 9.69 Å². The van der Waals surface area contributed by atoms with E-state index in [1.165, 1.54) is 0 Å². The Morgan fingerprint density at radius 1 is 1.21 bits per heavy atom. The second-order valence-electron chi connectivity index (χ2n) is 7.53. The summed E-state index contributed by atoms with van der Waals surface area (Å²) in [4.78, 5) is 17.4. The van der Waals surface area contributed by atoms with Crippen molar-refractivity contribution in [3.8, 4) is 6.07 Å². The van der Waals surface area contributed by atoms with Gasteiger partial charge in [-0.25, -0.2) is 0 Å². The molecule has 1 aliphatic heterocycles. The first-order valence-electron chi connectivity index (χ1n) is 9.50. The summed E-state index contributed by atoms with van der Waals surface area (Å²) in [6, 6.07) is 9.54. The molecule has 0 radical (unpaired) electrons. The standard InChI is InChI=1S/C20H27F3N4O/c1-16(2)13-27(15-20(21,22)23)19(28)14-25-8-5-9-26(11-10-25)18-7-4-3-6-17(18)12-24/h3-4,6-7,16H,5,8-11,13-15H2,1-2H3. The minimum absolute atomic E-state index is 0.0173. The van der Waals surface area contributed by atoms with Crippen LogP contribution in [-0.2, 0) is 4.79 Å². The zero-order chi connectivity index (χ0) is 20.7. The van der Waals surface area contributed by atoms with E-state index in [0.29, 0.717) is 25.2 Å². The van der Waals surface area contributed by atoms with Crippen LogP contribution in [0.5, 0.6) is 0 Å². The predicted octanol–water partition coefficient (Wildman–Crippen LogP) is 3.12. The third-order valence-electron chi connectivity index (χ3n) is 4.62. The summed E-state index contributed by atoms with van der Waals surface area (Å²) < 4.78 is 38.5. The number of hydrogen-bond donors (Lipinski definition) is 0. The number of rotatable bonds is 6. The fourth-order valence-corrected chi connectivity index (χ4v) is 3.42. The number of amides is 1. The van der Waals surface area contributed by atoms with E-state index < -0.39 is 18.6 Å². The van der Waals surface area contributed by atoms with Crippen molar-refractivity contribution in [3.05, 3.63) is 29.8 Å². The largest absolute Gasteiger partial charge is 0.406 e. The van der Waals surface area contributed by atoms with Crippen LogP contribution in [0.15, 0.2) is 24.3 Å². The molecule has 1 saturated heterocycles. The van der Waals surface area contributed by atoms with E-state index in [9.17, 15) is 23.2 Å². The maximum Gasteiger partial charge on any atom is 0.406 e. The third-order valence-corrected chi connectivity index (χ3v) is 4.62. The normalized spacial score (nSPS) is 16.0. The highest BCUT2D eigenvalue weighted by molar-refractivity contribution is 5.78. The van der Waals surface area contributed by atoms with Crippen molar-refractivity contribution in [1.82, 2.24) is 9.80 Å². The highest BCUT2D eigenvalue weighted by Crippen LogP contribution is 2.21. The van der Waals surface area contributed by atoms with Gasteiger partial charge in [-0.05, 0) is 24.5 Å². The van der Waals surface area contributed by atoms with Crippen LogP contribution < -0.4 is 4.90 Å². The summed E-state index contributed by atoms with van der Waals surface area (Å²) in [5.74, 6) is -0.523. The minimum Gasteiger partial charge on any atom is -0.369 e. The number of benzene rings is 1. The molecule has 0 bridgehead atoms. The lowest BCUT2D eigenvalue weighted by atomic mass is 10.1. The number of carbonyl (C=O) groups excluding carboxylic acids is 1. The van der Waals surface area contributed by atoms with Gasteiger partial charge in [0.15, 0.2) is 0 Å². The average molecular weight is 396 g/mol. The zero-order valence-electron chi connectivity index (χ0n) is 16.4. The first-order chi connectivity index (χ1) is 13.2. The number of hydrogen-bond acceptors (Lipinski definition) is 4. The van der Waals surface area contributed by atoms with Gasteiger partial charge in [0.05, 0.1) is 17.8 Å². The van der Waals surface area contributed by atoms with Crippen LogP contribution in [0.4, 0.5) is 18.9 Å². The van der Waals surface area contributed by atoms with Crippen molar-refractivity contribution in [2.24, 2.45) is 5.92 Å². The van der Waals surface area contributed by atoms with Gasteiger partial charge in [0.1, 0.15) is 12.6 Å². The molecule has 0 aromatic heterocycles. The number of anilines is 1. The van der Waals surface area contributed by atoms with E-state index in [0.717, 1.165) is 23.6 Å². The minimum atomic E-state index is -4.40. The van der Waals surface area contributed by atoms with Crippen molar-refractivity contribution in [2.75, 3.05) is 50.7 Å². The van der Waals surface area contributed by atoms with Crippen molar-refractivity contribution in [1.29, 1.82) is 5.26 Å². The van der Waals surface area contributed by atoms with Gasteiger partial charge >= 0.3 is 6.18 Å². The van der Waals surface area contributed by atoms with Gasteiger partial charge in [0, 0.05) is 32.7 Å². The summed E-state index contributed by atoms with van der Waals surface area (Å²) in [5.41, 5.74) is 1.46. The van der Waals surface area contributed by atoms with Crippen LogP contribution in [0.1, 0.15) is 25.8 Å². The summed E-state index contributed by atoms with van der Waals surface area (Å²) >= 11 is 0. The molecule has 0 atom stereocenters. The molecule has 5 nitrogen and oxygen atoms in total. The van der Waals surface area contributed by atoms with Crippen LogP contribution in [-0.4, -0.2) is 67.7 Å². The molecule has 0 saturated carbocycles. The molecule has 0 spiro atoms. The Morgan fingerprint density at radius 3 is 2.57 bits per heavy atom. The van der Waals surface area contributed by atoms with Gasteiger partial charge in [0.25, 0.3) is 0 Å². The summed E-state index contributed by atoms with van der Waals surface area (Å²) in [6.45, 7) is 5.02. The number of alkyl halides is 3. The topological polar surface area (TPSA) is 50.6 Å². The number of para-hydroxylation sites is 1. The van der Waals surface area contributed by atoms with E-state index in [1.54, 1.807) is 19.9 Å². The first-order valence-corrected chi connectivity index (χ1v) is 9.50. The van der Waals surface area contributed by atoms with Gasteiger partial charge in [-0.15, -0.1) is 0 Å². The lowest BCUT2D eigenvalue weighted by Gasteiger charge is -2.29. The van der Waals surface area contributed by atoms with E-state index in [2.05, 4.69) is 11.0 Å². The molecule has 154 valence electrons. The van der Waals surface area contributed by atoms with Crippen molar-refractivity contribution < 1.29 is 18.0 Å². The van der Waals surface area contributed by atoms with Crippen LogP contribution in [0, 0.1) is 17.2 Å². The molecule has 1 heterocycles. The van der Waals surface area contributed by atoms with Crippen molar-refractivity contribution in [3.63, 3.8) is 0 Å². The van der Waals surface area contributed by atoms with E-state index >= 15 is 0 Å². The predicted molar refractivity (Wildman–Crippen MR) is 102 cm³/mol. The zero-order valence-corrected chi connectivity index (χ0v) is 16.4. The smallest absolute Gasteiger partial charge is 0.369 e. The summed E-state index contributed by atoms with van der Waals surface area (Å²) in [5, 5.41) is 9.29. The first kappa shape index (κ1) is 22.0. The SMILES string of the molecule is CC(C)CN(CC(F)(F)F)C(=O)CN1CCCN(c2ccccc2C#N)CC1. The van der Waals surface area contributed by atoms with Crippen LogP contribution >= 0.6 is 0 Å². The van der Waals surface area contributed by atoms with Crippen LogP contribution in [0.2, 0.25) is 0 Å². The highest BCUT2D eigenvalue weighted by Gasteiger charge is 2.33. The maximum absolute atomic E-state index is 12.8.